The van der Waals surface area contributed by atoms with Crippen molar-refractivity contribution < 1.29 is 26.7 Å². The van der Waals surface area contributed by atoms with Crippen LogP contribution in [0.15, 0.2) is 71.9 Å². The summed E-state index contributed by atoms with van der Waals surface area (Å²) >= 11 is 0. The first-order valence-corrected chi connectivity index (χ1v) is 13.9. The lowest BCUT2D eigenvalue weighted by Crippen LogP contribution is -2.38. The van der Waals surface area contributed by atoms with Crippen molar-refractivity contribution >= 4 is 21.7 Å². The molecule has 1 fully saturated rings. The molecule has 0 aliphatic carbocycles. The Labute approximate surface area is 229 Å². The number of hydrogen-bond donors (Lipinski definition) is 3. The van der Waals surface area contributed by atoms with Gasteiger partial charge in [0.05, 0.1) is 24.1 Å². The number of piperidine rings is 1. The Balaban J connectivity index is 1.39. The molecule has 5 rings (SSSR count). The molecule has 1 aliphatic rings. The quantitative estimate of drug-likeness (QED) is 0.266. The molecule has 0 bridgehead atoms. The monoisotopic (exact) mass is 568 g/mol. The van der Waals surface area contributed by atoms with Crippen LogP contribution in [0.4, 0.5) is 20.4 Å². The molecule has 3 heterocycles. The smallest absolute Gasteiger partial charge is 0.265 e. The largest absolute Gasteiger partial charge is 0.495 e. The van der Waals surface area contributed by atoms with E-state index in [1.165, 1.54) is 31.5 Å². The Morgan fingerprint density at radius 1 is 0.975 bits per heavy atom. The first kappa shape index (κ1) is 27.2. The SMILES string of the molecule is COc1ccccc1S(=O)(=O)Nc1ccc(Oc2ncccc2-c2ccnc(NC3CCCNC3)n2)c(F)c1F. The molecule has 13 heteroatoms. The molecule has 1 saturated heterocycles. The van der Waals surface area contributed by atoms with Gasteiger partial charge in [-0.05, 0) is 61.9 Å². The van der Waals surface area contributed by atoms with Crippen LogP contribution in [0.1, 0.15) is 12.8 Å². The summed E-state index contributed by atoms with van der Waals surface area (Å²) in [7, 11) is -2.98. The predicted octanol–water partition coefficient (Wildman–Crippen LogP) is 4.58. The van der Waals surface area contributed by atoms with Crippen LogP contribution >= 0.6 is 0 Å². The summed E-state index contributed by atoms with van der Waals surface area (Å²) in [4.78, 5) is 12.8. The molecule has 1 aliphatic heterocycles. The molecule has 1 unspecified atom stereocenters. The summed E-state index contributed by atoms with van der Waals surface area (Å²) in [6.07, 6.45) is 5.05. The van der Waals surface area contributed by atoms with Crippen molar-refractivity contribution in [3.05, 3.63) is 78.6 Å². The molecule has 0 radical (unpaired) electrons. The van der Waals surface area contributed by atoms with Gasteiger partial charge in [0.1, 0.15) is 10.6 Å². The highest BCUT2D eigenvalue weighted by atomic mass is 32.2. The zero-order valence-electron chi connectivity index (χ0n) is 21.4. The van der Waals surface area contributed by atoms with Gasteiger partial charge in [-0.25, -0.2) is 27.8 Å². The number of benzene rings is 2. The summed E-state index contributed by atoms with van der Waals surface area (Å²) in [5.74, 6) is -2.87. The van der Waals surface area contributed by atoms with Crippen LogP contribution in [0.5, 0.6) is 17.4 Å². The topological polar surface area (TPSA) is 127 Å². The number of halogens is 2. The lowest BCUT2D eigenvalue weighted by molar-refractivity contribution is 0.402. The molecule has 40 heavy (non-hydrogen) atoms. The molecule has 10 nitrogen and oxygen atoms in total. The van der Waals surface area contributed by atoms with Gasteiger partial charge in [-0.1, -0.05) is 12.1 Å². The number of nitrogens with zero attached hydrogens (tertiary/aromatic N) is 3. The highest BCUT2D eigenvalue weighted by Gasteiger charge is 2.24. The Kier molecular flexibility index (Phi) is 8.03. The number of hydrogen-bond acceptors (Lipinski definition) is 9. The second-order valence-electron chi connectivity index (χ2n) is 8.91. The predicted molar refractivity (Wildman–Crippen MR) is 145 cm³/mol. The second kappa shape index (κ2) is 11.8. The molecule has 0 saturated carbocycles. The second-order valence-corrected chi connectivity index (χ2v) is 10.6. The maximum atomic E-state index is 15.1. The van der Waals surface area contributed by atoms with Crippen LogP contribution in [0.2, 0.25) is 0 Å². The van der Waals surface area contributed by atoms with E-state index in [0.717, 1.165) is 38.1 Å². The Morgan fingerprint density at radius 2 is 1.82 bits per heavy atom. The van der Waals surface area contributed by atoms with Gasteiger partial charge in [0.2, 0.25) is 17.6 Å². The van der Waals surface area contributed by atoms with Crippen LogP contribution in [0.25, 0.3) is 11.3 Å². The summed E-state index contributed by atoms with van der Waals surface area (Å²) in [6.45, 7) is 1.77. The molecule has 0 amide bonds. The van der Waals surface area contributed by atoms with Gasteiger partial charge in [-0.3, -0.25) is 4.72 Å². The van der Waals surface area contributed by atoms with Gasteiger partial charge < -0.3 is 20.1 Å². The standard InChI is InChI=1S/C27H26F2N6O4S/c1-38-21-8-2-3-9-23(21)40(36,37)35-20-10-11-22(25(29)24(20)28)39-26-18(7-5-14-31-26)19-12-15-32-27(34-19)33-17-6-4-13-30-16-17/h2-3,5,7-12,14-15,17,30,35H,4,6,13,16H2,1H3,(H,32,33,34). The molecule has 1 atom stereocenters. The van der Waals surface area contributed by atoms with Crippen LogP contribution in [0.3, 0.4) is 0 Å². The molecule has 208 valence electrons. The molecular formula is C27H26F2N6O4S. The number of ether oxygens (including phenoxy) is 2. The maximum Gasteiger partial charge on any atom is 0.265 e. The summed E-state index contributed by atoms with van der Waals surface area (Å²) < 4.78 is 68.6. The van der Waals surface area contributed by atoms with E-state index in [1.54, 1.807) is 30.5 Å². The number of pyridine rings is 1. The third kappa shape index (κ3) is 5.95. The van der Waals surface area contributed by atoms with Gasteiger partial charge in [0.25, 0.3) is 10.0 Å². The van der Waals surface area contributed by atoms with Crippen molar-refractivity contribution in [2.24, 2.45) is 0 Å². The normalized spacial score (nSPS) is 15.3. The zero-order chi connectivity index (χ0) is 28.1. The minimum Gasteiger partial charge on any atom is -0.495 e. The molecule has 2 aromatic heterocycles. The van der Waals surface area contributed by atoms with Crippen LogP contribution in [-0.2, 0) is 10.0 Å². The van der Waals surface area contributed by atoms with E-state index in [2.05, 4.69) is 30.3 Å². The average Bonchev–Trinajstić information content (AvgIpc) is 2.98. The number of para-hydroxylation sites is 1. The minimum absolute atomic E-state index is 0.0212. The number of nitrogens with one attached hydrogen (secondary N) is 3. The van der Waals surface area contributed by atoms with Crippen LogP contribution in [0, 0.1) is 11.6 Å². The highest BCUT2D eigenvalue weighted by Crippen LogP contribution is 2.35. The summed E-state index contributed by atoms with van der Waals surface area (Å²) in [5, 5.41) is 6.62. The number of sulfonamides is 1. The summed E-state index contributed by atoms with van der Waals surface area (Å²) in [5.41, 5.74) is 0.294. The van der Waals surface area contributed by atoms with Crippen molar-refractivity contribution in [2.45, 2.75) is 23.8 Å². The van der Waals surface area contributed by atoms with Gasteiger partial charge in [-0.2, -0.15) is 4.39 Å². The zero-order valence-corrected chi connectivity index (χ0v) is 22.2. The fraction of sp³-hybridized carbons (Fsp3) is 0.222. The highest BCUT2D eigenvalue weighted by molar-refractivity contribution is 7.92. The first-order chi connectivity index (χ1) is 19.4. The van der Waals surface area contributed by atoms with E-state index < -0.39 is 33.1 Å². The van der Waals surface area contributed by atoms with Crippen molar-refractivity contribution in [1.82, 2.24) is 20.3 Å². The number of rotatable bonds is 9. The maximum absolute atomic E-state index is 15.1. The average molecular weight is 569 g/mol. The lowest BCUT2D eigenvalue weighted by Gasteiger charge is -2.23. The Bertz CT molecular complexity index is 1620. The lowest BCUT2D eigenvalue weighted by atomic mass is 10.1. The molecule has 3 N–H and O–H groups in total. The van der Waals surface area contributed by atoms with E-state index in [4.69, 9.17) is 9.47 Å². The van der Waals surface area contributed by atoms with E-state index in [0.29, 0.717) is 17.2 Å². The molecular weight excluding hydrogens is 542 g/mol. The van der Waals surface area contributed by atoms with Gasteiger partial charge in [0.15, 0.2) is 11.6 Å². The fourth-order valence-electron chi connectivity index (χ4n) is 4.24. The summed E-state index contributed by atoms with van der Waals surface area (Å²) in [6, 6.07) is 13.2. The third-order valence-electron chi connectivity index (χ3n) is 6.19. The fourth-order valence-corrected chi connectivity index (χ4v) is 5.47. The third-order valence-corrected chi connectivity index (χ3v) is 7.59. The first-order valence-electron chi connectivity index (χ1n) is 12.4. The van der Waals surface area contributed by atoms with Crippen molar-refractivity contribution in [2.75, 3.05) is 30.2 Å². The van der Waals surface area contributed by atoms with Crippen molar-refractivity contribution in [3.8, 4) is 28.6 Å². The van der Waals surface area contributed by atoms with Gasteiger partial charge in [-0.15, -0.1) is 0 Å². The van der Waals surface area contributed by atoms with E-state index >= 15 is 8.78 Å². The van der Waals surface area contributed by atoms with Crippen molar-refractivity contribution in [1.29, 1.82) is 0 Å². The Morgan fingerprint density at radius 3 is 2.62 bits per heavy atom. The van der Waals surface area contributed by atoms with E-state index in [9.17, 15) is 8.42 Å². The Hall–Kier alpha value is -4.36. The van der Waals surface area contributed by atoms with Gasteiger partial charge >= 0.3 is 0 Å². The van der Waals surface area contributed by atoms with E-state index in [1.807, 2.05) is 0 Å². The number of aromatic nitrogens is 3. The number of anilines is 2. The number of methoxy groups -OCH3 is 1. The molecule has 4 aromatic rings. The molecule has 2 aromatic carbocycles. The van der Waals surface area contributed by atoms with Crippen molar-refractivity contribution in [3.63, 3.8) is 0 Å². The molecule has 0 spiro atoms. The van der Waals surface area contributed by atoms with Crippen LogP contribution < -0.4 is 24.8 Å². The minimum atomic E-state index is -4.28. The van der Waals surface area contributed by atoms with Crippen LogP contribution in [-0.4, -0.2) is 49.6 Å². The van der Waals surface area contributed by atoms with E-state index in [-0.39, 0.29) is 22.6 Å². The van der Waals surface area contributed by atoms with Gasteiger partial charge in [0, 0.05) is 25.0 Å².